The molecule has 0 heterocycles. The summed E-state index contributed by atoms with van der Waals surface area (Å²) in [7, 11) is 0.0926. The molecule has 0 radical (unpaired) electrons. The Morgan fingerprint density at radius 1 is 0.889 bits per heavy atom. The van der Waals surface area contributed by atoms with Gasteiger partial charge in [-0.05, 0) is 17.8 Å². The van der Waals surface area contributed by atoms with Crippen LogP contribution in [0.4, 0.5) is 0 Å². The van der Waals surface area contributed by atoms with Gasteiger partial charge in [-0.2, -0.15) is 0 Å². The van der Waals surface area contributed by atoms with Gasteiger partial charge in [0.05, 0.1) is 45.5 Å². The number of rotatable bonds is 12. The molecule has 0 amide bonds. The first kappa shape index (κ1) is 17.7. The number of ether oxygens (including phenoxy) is 4. The Kier molecular flexibility index (Phi) is 12.9. The maximum atomic E-state index is 11.2. The molecule has 0 N–H and O–H groups in total. The van der Waals surface area contributed by atoms with Crippen molar-refractivity contribution in [3.8, 4) is 0 Å². The zero-order valence-corrected chi connectivity index (χ0v) is 12.4. The third kappa shape index (κ3) is 13.8. The Balaban J connectivity index is 3.09. The Labute approximate surface area is 112 Å². The lowest BCUT2D eigenvalue weighted by molar-refractivity contribution is -0.142. The first-order valence-corrected chi connectivity index (χ1v) is 8.31. The van der Waals surface area contributed by atoms with Gasteiger partial charge in [0, 0.05) is 6.61 Å². The van der Waals surface area contributed by atoms with Gasteiger partial charge < -0.3 is 18.9 Å². The number of carbonyl (C=O) groups is 1. The molecule has 0 aliphatic carbocycles. The number of carbonyl (C=O) groups excluding carboxylic acids is 1. The van der Waals surface area contributed by atoms with Crippen molar-refractivity contribution in [2.24, 2.45) is 0 Å². The van der Waals surface area contributed by atoms with E-state index in [9.17, 15) is 4.79 Å². The Morgan fingerprint density at radius 2 is 1.39 bits per heavy atom. The van der Waals surface area contributed by atoms with E-state index in [2.05, 4.69) is 0 Å². The average molecular weight is 281 g/mol. The topological polar surface area (TPSA) is 54.0 Å². The highest BCUT2D eigenvalue weighted by atomic mass is 32.2. The molecule has 6 heteroatoms. The zero-order chi connectivity index (χ0) is 13.6. The molecule has 0 saturated heterocycles. The van der Waals surface area contributed by atoms with Crippen molar-refractivity contribution in [3.05, 3.63) is 0 Å². The molecule has 0 saturated carbocycles. The Morgan fingerprint density at radius 3 is 1.89 bits per heavy atom. The minimum atomic E-state index is -0.153. The van der Waals surface area contributed by atoms with Crippen LogP contribution in [0.5, 0.6) is 0 Å². The molecule has 0 aromatic rings. The molecular formula is C12H25O5S+. The number of esters is 1. The summed E-state index contributed by atoms with van der Waals surface area (Å²) < 4.78 is 20.6. The molecule has 0 bridgehead atoms. The lowest BCUT2D eigenvalue weighted by Crippen LogP contribution is -2.19. The number of hydrogen-bond donors (Lipinski definition) is 0. The quantitative estimate of drug-likeness (QED) is 0.296. The van der Waals surface area contributed by atoms with Crippen molar-refractivity contribution >= 4 is 16.9 Å². The van der Waals surface area contributed by atoms with Crippen molar-refractivity contribution in [2.75, 3.05) is 64.5 Å². The molecule has 0 rings (SSSR count). The van der Waals surface area contributed by atoms with Gasteiger partial charge in [-0.1, -0.05) is 0 Å². The van der Waals surface area contributed by atoms with Crippen LogP contribution in [-0.2, 0) is 34.6 Å². The van der Waals surface area contributed by atoms with Crippen LogP contribution >= 0.6 is 0 Å². The van der Waals surface area contributed by atoms with Gasteiger partial charge in [-0.3, -0.25) is 0 Å². The highest BCUT2D eigenvalue weighted by Gasteiger charge is 2.11. The summed E-state index contributed by atoms with van der Waals surface area (Å²) in [5.74, 6) is 0.334. The second kappa shape index (κ2) is 13.1. The summed E-state index contributed by atoms with van der Waals surface area (Å²) in [6, 6.07) is 0. The van der Waals surface area contributed by atoms with Gasteiger partial charge in [0.25, 0.3) is 0 Å². The summed E-state index contributed by atoms with van der Waals surface area (Å²) >= 11 is 0. The normalized spacial score (nSPS) is 10.9. The van der Waals surface area contributed by atoms with E-state index >= 15 is 0 Å². The summed E-state index contributed by atoms with van der Waals surface area (Å²) in [5, 5.41) is 0. The lowest BCUT2D eigenvalue weighted by Gasteiger charge is -2.06. The Hall–Kier alpha value is -0.300. The van der Waals surface area contributed by atoms with Crippen LogP contribution in [0.15, 0.2) is 0 Å². The molecule has 0 aromatic carbocycles. The van der Waals surface area contributed by atoms with Gasteiger partial charge in [-0.25, -0.2) is 4.79 Å². The standard InChI is InChI=1S/C12H25O5S/c1-4-14-5-6-15-7-8-16-9-10-17-12(13)11-18(2)3/h4-11H2,1-3H3/q+1. The van der Waals surface area contributed by atoms with Crippen LogP contribution in [-0.4, -0.2) is 70.5 Å². The average Bonchev–Trinajstić information content (AvgIpc) is 2.30. The fourth-order valence-corrected chi connectivity index (χ4v) is 1.63. The molecule has 0 aliphatic heterocycles. The van der Waals surface area contributed by atoms with Crippen molar-refractivity contribution in [3.63, 3.8) is 0 Å². The second-order valence-corrected chi connectivity index (χ2v) is 6.03. The van der Waals surface area contributed by atoms with Crippen LogP contribution in [0, 0.1) is 0 Å². The van der Waals surface area contributed by atoms with E-state index in [1.807, 2.05) is 19.4 Å². The summed E-state index contributed by atoms with van der Waals surface area (Å²) in [6.07, 6.45) is 4.02. The van der Waals surface area contributed by atoms with E-state index in [1.54, 1.807) is 0 Å². The van der Waals surface area contributed by atoms with Gasteiger partial charge >= 0.3 is 5.97 Å². The van der Waals surface area contributed by atoms with Gasteiger partial charge in [0.1, 0.15) is 6.61 Å². The van der Waals surface area contributed by atoms with E-state index in [0.29, 0.717) is 52.0 Å². The Bertz CT molecular complexity index is 199. The highest BCUT2D eigenvalue weighted by Crippen LogP contribution is 1.88. The van der Waals surface area contributed by atoms with Crippen LogP contribution in [0.1, 0.15) is 6.92 Å². The van der Waals surface area contributed by atoms with Gasteiger partial charge in [-0.15, -0.1) is 0 Å². The first-order chi connectivity index (χ1) is 8.66. The second-order valence-electron chi connectivity index (χ2n) is 3.77. The molecule has 108 valence electrons. The van der Waals surface area contributed by atoms with Crippen molar-refractivity contribution in [1.29, 1.82) is 0 Å². The maximum absolute atomic E-state index is 11.2. The molecule has 0 spiro atoms. The zero-order valence-electron chi connectivity index (χ0n) is 11.6. The van der Waals surface area contributed by atoms with E-state index in [1.165, 1.54) is 0 Å². The molecule has 0 atom stereocenters. The van der Waals surface area contributed by atoms with Crippen molar-refractivity contribution in [2.45, 2.75) is 6.92 Å². The molecule has 0 aliphatic rings. The first-order valence-electron chi connectivity index (χ1n) is 6.09. The summed E-state index contributed by atoms with van der Waals surface area (Å²) in [4.78, 5) is 11.2. The van der Waals surface area contributed by atoms with Crippen LogP contribution in [0.25, 0.3) is 0 Å². The highest BCUT2D eigenvalue weighted by molar-refractivity contribution is 7.96. The predicted molar refractivity (Wildman–Crippen MR) is 73.2 cm³/mol. The van der Waals surface area contributed by atoms with Gasteiger partial charge in [0.2, 0.25) is 5.75 Å². The monoisotopic (exact) mass is 281 g/mol. The smallest absolute Gasteiger partial charge is 0.356 e. The van der Waals surface area contributed by atoms with Crippen LogP contribution < -0.4 is 0 Å². The summed E-state index contributed by atoms with van der Waals surface area (Å²) in [6.45, 7) is 5.64. The van der Waals surface area contributed by atoms with Crippen LogP contribution in [0.2, 0.25) is 0 Å². The van der Waals surface area contributed by atoms with E-state index < -0.39 is 0 Å². The molecule has 0 unspecified atom stereocenters. The third-order valence-corrected chi connectivity index (χ3v) is 2.66. The fourth-order valence-electron chi connectivity index (χ4n) is 1.08. The SMILES string of the molecule is CCOCCOCCOCCOC(=O)C[S+](C)C. The minimum Gasteiger partial charge on any atom is -0.460 e. The lowest BCUT2D eigenvalue weighted by atomic mass is 10.7. The van der Waals surface area contributed by atoms with E-state index in [0.717, 1.165) is 0 Å². The largest absolute Gasteiger partial charge is 0.460 e. The van der Waals surface area contributed by atoms with E-state index in [4.69, 9.17) is 18.9 Å². The molecule has 0 fully saturated rings. The summed E-state index contributed by atoms with van der Waals surface area (Å²) in [5.41, 5.74) is 0. The maximum Gasteiger partial charge on any atom is 0.356 e. The molecule has 5 nitrogen and oxygen atoms in total. The van der Waals surface area contributed by atoms with Gasteiger partial charge in [0.15, 0.2) is 0 Å². The van der Waals surface area contributed by atoms with Crippen LogP contribution in [0.3, 0.4) is 0 Å². The van der Waals surface area contributed by atoms with Crippen molar-refractivity contribution in [1.82, 2.24) is 0 Å². The minimum absolute atomic E-state index is 0.0926. The molecule has 18 heavy (non-hydrogen) atoms. The van der Waals surface area contributed by atoms with Crippen molar-refractivity contribution < 1.29 is 23.7 Å². The van der Waals surface area contributed by atoms with E-state index in [-0.39, 0.29) is 16.9 Å². The predicted octanol–water partition coefficient (Wildman–Crippen LogP) is 0.477. The third-order valence-electron chi connectivity index (χ3n) is 1.85. The molecular weight excluding hydrogens is 256 g/mol. The number of hydrogen-bond acceptors (Lipinski definition) is 5. The fraction of sp³-hybridized carbons (Fsp3) is 0.917. The molecule has 0 aromatic heterocycles.